The van der Waals surface area contributed by atoms with Gasteiger partial charge in [-0.15, -0.1) is 0 Å². The molecule has 0 unspecified atom stereocenters. The molecule has 0 aliphatic rings. The molecular formula is C9H13ClN4O4S. The number of hydrogen-bond donors (Lipinski definition) is 1. The molecule has 1 N–H and O–H groups in total. The number of nitrogens with one attached hydrogen (secondary N) is 1. The molecular weight excluding hydrogens is 296 g/mol. The summed E-state index contributed by atoms with van der Waals surface area (Å²) >= 11 is 5.61. The van der Waals surface area contributed by atoms with Gasteiger partial charge in [0, 0.05) is 19.7 Å². The first kappa shape index (κ1) is 15.6. The summed E-state index contributed by atoms with van der Waals surface area (Å²) in [5, 5.41) is 0.116. The van der Waals surface area contributed by atoms with Crippen molar-refractivity contribution in [1.82, 2.24) is 14.3 Å². The second-order valence-electron chi connectivity index (χ2n) is 3.48. The quantitative estimate of drug-likeness (QED) is 0.598. The lowest BCUT2D eigenvalue weighted by Crippen LogP contribution is -2.34. The standard InChI is InChI=1S/C9H13ClN4O4S/c1-14(4-3-9(15)18-2)19(16,17)13-8-5-7(10)11-6-12-8/h5-6H,3-4H2,1-2H3,(H,11,12,13). The van der Waals surface area contributed by atoms with E-state index < -0.39 is 16.2 Å². The van der Waals surface area contributed by atoms with Gasteiger partial charge in [-0.05, 0) is 0 Å². The zero-order valence-corrected chi connectivity index (χ0v) is 11.9. The predicted octanol–water partition coefficient (Wildman–Crippen LogP) is 0.282. The zero-order chi connectivity index (χ0) is 14.5. The Morgan fingerprint density at radius 1 is 1.53 bits per heavy atom. The van der Waals surface area contributed by atoms with Gasteiger partial charge in [0.2, 0.25) is 0 Å². The van der Waals surface area contributed by atoms with Crippen LogP contribution < -0.4 is 4.72 Å². The lowest BCUT2D eigenvalue weighted by molar-refractivity contribution is -0.140. The van der Waals surface area contributed by atoms with Gasteiger partial charge < -0.3 is 4.74 Å². The largest absolute Gasteiger partial charge is 0.469 e. The van der Waals surface area contributed by atoms with Crippen LogP contribution >= 0.6 is 11.6 Å². The van der Waals surface area contributed by atoms with Crippen molar-refractivity contribution in [2.45, 2.75) is 6.42 Å². The molecule has 0 aliphatic heterocycles. The highest BCUT2D eigenvalue weighted by atomic mass is 35.5. The Morgan fingerprint density at radius 3 is 2.79 bits per heavy atom. The lowest BCUT2D eigenvalue weighted by atomic mass is 10.4. The molecule has 0 saturated carbocycles. The summed E-state index contributed by atoms with van der Waals surface area (Å²) in [5.74, 6) is -0.447. The Hall–Kier alpha value is -1.45. The van der Waals surface area contributed by atoms with E-state index in [0.29, 0.717) is 0 Å². The Bertz CT molecular complexity index is 551. The Morgan fingerprint density at radius 2 is 2.21 bits per heavy atom. The molecule has 8 nitrogen and oxygen atoms in total. The molecule has 0 atom stereocenters. The number of aromatic nitrogens is 2. The van der Waals surface area contributed by atoms with Crippen LogP contribution in [0.5, 0.6) is 0 Å². The molecule has 0 aromatic carbocycles. The SMILES string of the molecule is COC(=O)CCN(C)S(=O)(=O)Nc1cc(Cl)ncn1. The minimum Gasteiger partial charge on any atom is -0.469 e. The fraction of sp³-hybridized carbons (Fsp3) is 0.444. The summed E-state index contributed by atoms with van der Waals surface area (Å²) in [4.78, 5) is 18.3. The maximum atomic E-state index is 11.9. The van der Waals surface area contributed by atoms with Gasteiger partial charge in [0.25, 0.3) is 0 Å². The molecule has 0 spiro atoms. The van der Waals surface area contributed by atoms with Crippen molar-refractivity contribution in [2.24, 2.45) is 0 Å². The number of carbonyl (C=O) groups is 1. The van der Waals surface area contributed by atoms with Crippen molar-refractivity contribution in [2.75, 3.05) is 25.4 Å². The normalized spacial score (nSPS) is 11.4. The van der Waals surface area contributed by atoms with E-state index in [-0.39, 0.29) is 23.9 Å². The number of ether oxygens (including phenoxy) is 1. The third-order valence-electron chi connectivity index (χ3n) is 2.14. The van der Waals surface area contributed by atoms with Gasteiger partial charge >= 0.3 is 16.2 Å². The summed E-state index contributed by atoms with van der Waals surface area (Å²) in [6.45, 7) is -0.0131. The smallest absolute Gasteiger partial charge is 0.306 e. The summed E-state index contributed by atoms with van der Waals surface area (Å²) in [5.41, 5.74) is 0. The third kappa shape index (κ3) is 4.97. The molecule has 1 rings (SSSR count). The fourth-order valence-corrected chi connectivity index (χ4v) is 2.08. The number of anilines is 1. The highest BCUT2D eigenvalue weighted by Crippen LogP contribution is 2.11. The lowest BCUT2D eigenvalue weighted by Gasteiger charge is -2.17. The molecule has 19 heavy (non-hydrogen) atoms. The van der Waals surface area contributed by atoms with E-state index in [1.807, 2.05) is 0 Å². The second-order valence-corrected chi connectivity index (χ2v) is 5.65. The monoisotopic (exact) mass is 308 g/mol. The van der Waals surface area contributed by atoms with Crippen LogP contribution in [0.3, 0.4) is 0 Å². The van der Waals surface area contributed by atoms with Crippen molar-refractivity contribution in [3.05, 3.63) is 17.5 Å². The molecule has 0 radical (unpaired) electrons. The maximum absolute atomic E-state index is 11.9. The number of hydrogen-bond acceptors (Lipinski definition) is 6. The summed E-state index contributed by atoms with van der Waals surface area (Å²) in [7, 11) is -1.25. The van der Waals surface area contributed by atoms with E-state index in [9.17, 15) is 13.2 Å². The molecule has 0 saturated heterocycles. The van der Waals surface area contributed by atoms with Crippen LogP contribution in [0, 0.1) is 0 Å². The van der Waals surface area contributed by atoms with E-state index in [1.165, 1.54) is 20.2 Å². The van der Waals surface area contributed by atoms with E-state index in [1.54, 1.807) is 0 Å². The Kier molecular flexibility index (Phi) is 5.45. The Labute approximate surface area is 115 Å². The van der Waals surface area contributed by atoms with E-state index >= 15 is 0 Å². The van der Waals surface area contributed by atoms with Gasteiger partial charge in [-0.2, -0.15) is 12.7 Å². The zero-order valence-electron chi connectivity index (χ0n) is 10.3. The molecule has 1 aromatic rings. The summed E-state index contributed by atoms with van der Waals surface area (Å²) < 4.78 is 31.4. The van der Waals surface area contributed by atoms with Crippen LogP contribution in [0.2, 0.25) is 5.15 Å². The van der Waals surface area contributed by atoms with Gasteiger partial charge in [-0.3, -0.25) is 9.52 Å². The third-order valence-corrected chi connectivity index (χ3v) is 3.81. The number of esters is 1. The van der Waals surface area contributed by atoms with Crippen molar-refractivity contribution >= 4 is 33.6 Å². The topological polar surface area (TPSA) is 101 Å². The van der Waals surface area contributed by atoms with Crippen LogP contribution in [0.1, 0.15) is 6.42 Å². The number of carbonyl (C=O) groups excluding carboxylic acids is 1. The highest BCUT2D eigenvalue weighted by Gasteiger charge is 2.19. The molecule has 0 aliphatic carbocycles. The first-order valence-electron chi connectivity index (χ1n) is 5.13. The van der Waals surface area contributed by atoms with Gasteiger partial charge in [-0.25, -0.2) is 9.97 Å². The van der Waals surface area contributed by atoms with E-state index in [4.69, 9.17) is 11.6 Å². The molecule has 1 aromatic heterocycles. The molecule has 106 valence electrons. The number of rotatable bonds is 6. The van der Waals surface area contributed by atoms with Crippen LogP contribution in [-0.2, 0) is 19.7 Å². The molecule has 0 amide bonds. The average Bonchev–Trinajstić information content (AvgIpc) is 2.34. The van der Waals surface area contributed by atoms with E-state index in [0.717, 1.165) is 10.6 Å². The second kappa shape index (κ2) is 6.64. The fourth-order valence-electron chi connectivity index (χ4n) is 1.07. The van der Waals surface area contributed by atoms with Gasteiger partial charge in [0.15, 0.2) is 0 Å². The molecule has 10 heteroatoms. The van der Waals surface area contributed by atoms with Crippen LogP contribution in [0.4, 0.5) is 5.82 Å². The van der Waals surface area contributed by atoms with Crippen LogP contribution in [-0.4, -0.2) is 49.4 Å². The number of nitrogens with zero attached hydrogens (tertiary/aromatic N) is 3. The van der Waals surface area contributed by atoms with Crippen LogP contribution in [0.25, 0.3) is 0 Å². The van der Waals surface area contributed by atoms with Crippen molar-refractivity contribution in [3.63, 3.8) is 0 Å². The van der Waals surface area contributed by atoms with Crippen molar-refractivity contribution in [1.29, 1.82) is 0 Å². The molecule has 0 fully saturated rings. The maximum Gasteiger partial charge on any atom is 0.306 e. The first-order chi connectivity index (χ1) is 8.85. The predicted molar refractivity (Wildman–Crippen MR) is 68.8 cm³/mol. The summed E-state index contributed by atoms with van der Waals surface area (Å²) in [6, 6.07) is 1.27. The number of methoxy groups -OCH3 is 1. The van der Waals surface area contributed by atoms with Gasteiger partial charge in [0.05, 0.1) is 13.5 Å². The minimum absolute atomic E-state index is 0.0131. The molecule has 1 heterocycles. The van der Waals surface area contributed by atoms with Crippen molar-refractivity contribution < 1.29 is 17.9 Å². The first-order valence-corrected chi connectivity index (χ1v) is 6.95. The van der Waals surface area contributed by atoms with Gasteiger partial charge in [-0.1, -0.05) is 11.6 Å². The minimum atomic E-state index is -3.81. The van der Waals surface area contributed by atoms with Crippen LogP contribution in [0.15, 0.2) is 12.4 Å². The highest BCUT2D eigenvalue weighted by molar-refractivity contribution is 7.90. The van der Waals surface area contributed by atoms with Crippen molar-refractivity contribution in [3.8, 4) is 0 Å². The number of halogens is 1. The van der Waals surface area contributed by atoms with Gasteiger partial charge in [0.1, 0.15) is 17.3 Å². The van der Waals surface area contributed by atoms with E-state index in [2.05, 4.69) is 19.4 Å². The average molecular weight is 309 g/mol. The molecule has 0 bridgehead atoms. The summed E-state index contributed by atoms with van der Waals surface area (Å²) in [6.07, 6.45) is 1.09. The Balaban J connectivity index is 2.67.